The number of carbonyl (C=O) groups excluding carboxylic acids is 1. The molecule has 0 N–H and O–H groups in total. The maximum atomic E-state index is 13.2. The summed E-state index contributed by atoms with van der Waals surface area (Å²) < 4.78 is 32.8. The van der Waals surface area contributed by atoms with Crippen molar-refractivity contribution >= 4 is 27.5 Å². The summed E-state index contributed by atoms with van der Waals surface area (Å²) in [6.07, 6.45) is 0. The number of hydrogen-bond acceptors (Lipinski definition) is 4. The van der Waals surface area contributed by atoms with Gasteiger partial charge in [0, 0.05) is 24.7 Å². The maximum absolute atomic E-state index is 13.2. The van der Waals surface area contributed by atoms with Crippen molar-refractivity contribution in [2.45, 2.75) is 11.4 Å². The lowest BCUT2D eigenvalue weighted by molar-refractivity contribution is -0.135. The highest BCUT2D eigenvalue weighted by Gasteiger charge is 2.29. The third kappa shape index (κ3) is 5.07. The molecule has 6 nitrogen and oxygen atoms in total. The minimum atomic E-state index is -3.85. The van der Waals surface area contributed by atoms with Gasteiger partial charge in [0.1, 0.15) is 0 Å². The number of rotatable bonds is 6. The fourth-order valence-corrected chi connectivity index (χ4v) is 4.34. The highest BCUT2D eigenvalue weighted by Crippen LogP contribution is 2.21. The summed E-state index contributed by atoms with van der Waals surface area (Å²) in [5, 5.41) is 0.452. The molecule has 0 bridgehead atoms. The van der Waals surface area contributed by atoms with Gasteiger partial charge < -0.3 is 9.64 Å². The van der Waals surface area contributed by atoms with Crippen molar-refractivity contribution in [1.29, 1.82) is 0 Å². The largest absolute Gasteiger partial charge is 0.378 e. The summed E-state index contributed by atoms with van der Waals surface area (Å²) in [5.74, 6) is -0.230. The Hall–Kier alpha value is -1.93. The molecule has 2 aromatic rings. The number of carbonyl (C=O) groups is 1. The number of hydrogen-bond donors (Lipinski definition) is 0. The third-order valence-corrected chi connectivity index (χ3v) is 6.39. The van der Waals surface area contributed by atoms with Gasteiger partial charge in [0.05, 0.1) is 24.7 Å². The smallest absolute Gasteiger partial charge is 0.243 e. The average Bonchev–Trinajstić information content (AvgIpc) is 2.69. The van der Waals surface area contributed by atoms with E-state index in [4.69, 9.17) is 16.3 Å². The quantitative estimate of drug-likeness (QED) is 0.736. The molecule has 144 valence electrons. The van der Waals surface area contributed by atoms with Crippen LogP contribution in [0.5, 0.6) is 0 Å². The molecular formula is C19H21ClN2O4S. The second kappa shape index (κ2) is 8.84. The number of ether oxygens (including phenoxy) is 1. The lowest BCUT2D eigenvalue weighted by atomic mass is 10.2. The van der Waals surface area contributed by atoms with Crippen molar-refractivity contribution in [3.8, 4) is 0 Å². The number of nitrogens with zero attached hydrogens (tertiary/aromatic N) is 2. The van der Waals surface area contributed by atoms with E-state index < -0.39 is 10.0 Å². The van der Waals surface area contributed by atoms with Crippen LogP contribution in [0.4, 0.5) is 0 Å². The van der Waals surface area contributed by atoms with Crippen LogP contribution in [0.15, 0.2) is 59.5 Å². The zero-order valence-electron chi connectivity index (χ0n) is 14.8. The molecule has 0 spiro atoms. The summed E-state index contributed by atoms with van der Waals surface area (Å²) in [4.78, 5) is 14.4. The first-order chi connectivity index (χ1) is 13.0. The molecule has 8 heteroatoms. The molecular weight excluding hydrogens is 388 g/mol. The average molecular weight is 409 g/mol. The van der Waals surface area contributed by atoms with E-state index in [1.807, 2.05) is 30.3 Å². The number of benzene rings is 2. The van der Waals surface area contributed by atoms with Gasteiger partial charge in [0.25, 0.3) is 0 Å². The van der Waals surface area contributed by atoms with Crippen molar-refractivity contribution in [3.63, 3.8) is 0 Å². The lowest BCUT2D eigenvalue weighted by Crippen LogP contribution is -2.46. The van der Waals surface area contributed by atoms with E-state index in [1.165, 1.54) is 28.6 Å². The molecule has 2 aromatic carbocycles. The topological polar surface area (TPSA) is 66.9 Å². The second-order valence-electron chi connectivity index (χ2n) is 6.21. The minimum Gasteiger partial charge on any atom is -0.378 e. The molecule has 1 aliphatic rings. The summed E-state index contributed by atoms with van der Waals surface area (Å²) in [7, 11) is -3.85. The standard InChI is InChI=1S/C19H21ClN2O4S/c20-17-6-8-18(9-7-17)27(24,25)22(14-16-4-2-1-3-5-16)15-19(23)21-10-12-26-13-11-21/h1-9H,10-15H2. The summed E-state index contributed by atoms with van der Waals surface area (Å²) in [6, 6.07) is 15.2. The van der Waals surface area contributed by atoms with Crippen molar-refractivity contribution in [2.24, 2.45) is 0 Å². The Labute approximate surface area is 164 Å². The Balaban J connectivity index is 1.86. The van der Waals surface area contributed by atoms with Gasteiger partial charge in [-0.3, -0.25) is 4.79 Å². The van der Waals surface area contributed by atoms with E-state index in [-0.39, 0.29) is 23.9 Å². The molecule has 0 saturated carbocycles. The van der Waals surface area contributed by atoms with Crippen molar-refractivity contribution in [1.82, 2.24) is 9.21 Å². The van der Waals surface area contributed by atoms with Crippen LogP contribution in [-0.2, 0) is 26.1 Å². The van der Waals surface area contributed by atoms with Gasteiger partial charge in [-0.2, -0.15) is 4.31 Å². The molecule has 0 aliphatic carbocycles. The minimum absolute atomic E-state index is 0.109. The Morgan fingerprint density at radius 3 is 2.30 bits per heavy atom. The molecule has 1 fully saturated rings. The Bertz CT molecular complexity index is 866. The Morgan fingerprint density at radius 1 is 1.04 bits per heavy atom. The number of halogens is 1. The van der Waals surface area contributed by atoms with Crippen LogP contribution in [0, 0.1) is 0 Å². The van der Waals surface area contributed by atoms with E-state index in [1.54, 1.807) is 4.90 Å². The Kier molecular flexibility index (Phi) is 6.49. The third-order valence-electron chi connectivity index (χ3n) is 4.33. The monoisotopic (exact) mass is 408 g/mol. The molecule has 0 aromatic heterocycles. The highest BCUT2D eigenvalue weighted by molar-refractivity contribution is 7.89. The molecule has 1 aliphatic heterocycles. The molecule has 1 amide bonds. The number of amides is 1. The van der Waals surface area contributed by atoms with Crippen molar-refractivity contribution in [3.05, 3.63) is 65.2 Å². The Morgan fingerprint density at radius 2 is 1.67 bits per heavy atom. The fraction of sp³-hybridized carbons (Fsp3) is 0.316. The number of morpholine rings is 1. The van der Waals surface area contributed by atoms with E-state index in [2.05, 4.69) is 0 Å². The highest BCUT2D eigenvalue weighted by atomic mass is 35.5. The van der Waals surface area contributed by atoms with Crippen molar-refractivity contribution < 1.29 is 17.9 Å². The molecule has 0 radical (unpaired) electrons. The van der Waals surface area contributed by atoms with Gasteiger partial charge in [0.2, 0.25) is 15.9 Å². The second-order valence-corrected chi connectivity index (χ2v) is 8.58. The van der Waals surface area contributed by atoms with Gasteiger partial charge in [-0.25, -0.2) is 8.42 Å². The van der Waals surface area contributed by atoms with Crippen LogP contribution < -0.4 is 0 Å². The predicted octanol–water partition coefficient (Wildman–Crippen LogP) is 2.39. The first-order valence-electron chi connectivity index (χ1n) is 8.62. The molecule has 1 heterocycles. The summed E-state index contributed by atoms with van der Waals surface area (Å²) in [5.41, 5.74) is 0.810. The van der Waals surface area contributed by atoms with Gasteiger partial charge in [-0.05, 0) is 29.8 Å². The molecule has 0 atom stereocenters. The zero-order chi connectivity index (χ0) is 19.3. The molecule has 3 rings (SSSR count). The van der Waals surface area contributed by atoms with E-state index in [9.17, 15) is 13.2 Å². The summed E-state index contributed by atoms with van der Waals surface area (Å²) in [6.45, 7) is 1.77. The van der Waals surface area contributed by atoms with Crippen LogP contribution in [0.25, 0.3) is 0 Å². The maximum Gasteiger partial charge on any atom is 0.243 e. The molecule has 1 saturated heterocycles. The van der Waals surface area contributed by atoms with Gasteiger partial charge in [0.15, 0.2) is 0 Å². The van der Waals surface area contributed by atoms with Gasteiger partial charge in [-0.1, -0.05) is 41.9 Å². The lowest BCUT2D eigenvalue weighted by Gasteiger charge is -2.29. The van der Waals surface area contributed by atoms with E-state index in [0.717, 1.165) is 5.56 Å². The van der Waals surface area contributed by atoms with Crippen LogP contribution >= 0.6 is 11.6 Å². The van der Waals surface area contributed by atoms with Crippen LogP contribution in [-0.4, -0.2) is 56.4 Å². The van der Waals surface area contributed by atoms with Crippen LogP contribution in [0.2, 0.25) is 5.02 Å². The fourth-order valence-electron chi connectivity index (χ4n) is 2.83. The first-order valence-corrected chi connectivity index (χ1v) is 10.4. The predicted molar refractivity (Wildman–Crippen MR) is 103 cm³/mol. The van der Waals surface area contributed by atoms with Gasteiger partial charge >= 0.3 is 0 Å². The summed E-state index contributed by atoms with van der Waals surface area (Å²) >= 11 is 5.88. The van der Waals surface area contributed by atoms with Crippen LogP contribution in [0.1, 0.15) is 5.56 Å². The normalized spacial score (nSPS) is 15.1. The molecule has 0 unspecified atom stereocenters. The number of sulfonamides is 1. The zero-order valence-corrected chi connectivity index (χ0v) is 16.3. The first kappa shape index (κ1) is 19.8. The molecule has 27 heavy (non-hydrogen) atoms. The van der Waals surface area contributed by atoms with E-state index >= 15 is 0 Å². The SMILES string of the molecule is O=C(CN(Cc1ccccc1)S(=O)(=O)c1ccc(Cl)cc1)N1CCOCC1. The van der Waals surface area contributed by atoms with E-state index in [0.29, 0.717) is 31.3 Å². The van der Waals surface area contributed by atoms with Crippen LogP contribution in [0.3, 0.4) is 0 Å². The van der Waals surface area contributed by atoms with Gasteiger partial charge in [-0.15, -0.1) is 0 Å². The van der Waals surface area contributed by atoms with Crippen molar-refractivity contribution in [2.75, 3.05) is 32.8 Å².